The van der Waals surface area contributed by atoms with Crippen LogP contribution in [0.15, 0.2) is 176 Å². The van der Waals surface area contributed by atoms with E-state index in [1.165, 1.54) is 0 Å². The molecule has 0 unspecified atom stereocenters. The summed E-state index contributed by atoms with van der Waals surface area (Å²) in [6, 6.07) is 47.1. The first-order chi connectivity index (χ1) is 26.9. The second-order valence-corrected chi connectivity index (χ2v) is 12.2. The molecule has 7 aromatic carbocycles. The van der Waals surface area contributed by atoms with Crippen molar-refractivity contribution in [2.24, 2.45) is 0 Å². The van der Waals surface area contributed by atoms with E-state index < -0.39 is 18.1 Å². The van der Waals surface area contributed by atoms with Gasteiger partial charge in [0.2, 0.25) is 5.95 Å². The van der Waals surface area contributed by atoms with Gasteiger partial charge in [0.15, 0.2) is 11.6 Å². The third-order valence-electron chi connectivity index (χ3n) is 9.28. The number of hydrogen-bond donors (Lipinski definition) is 0. The summed E-state index contributed by atoms with van der Waals surface area (Å²) in [4.78, 5) is 14.6. The van der Waals surface area contributed by atoms with Crippen molar-refractivity contribution < 1.29 is 6.85 Å². The van der Waals surface area contributed by atoms with Gasteiger partial charge in [-0.25, -0.2) is 4.98 Å². The van der Waals surface area contributed by atoms with E-state index in [1.807, 2.05) is 71.3 Å². The molecule has 5 nitrogen and oxygen atoms in total. The second kappa shape index (κ2) is 11.4. The van der Waals surface area contributed by atoms with Gasteiger partial charge in [0.25, 0.3) is 0 Å². The molecule has 50 heavy (non-hydrogen) atoms. The lowest BCUT2D eigenvalue weighted by Crippen LogP contribution is -2.06. The summed E-state index contributed by atoms with van der Waals surface area (Å²) in [5.41, 5.74) is 7.79. The molecule has 5 heteroatoms. The summed E-state index contributed by atoms with van der Waals surface area (Å²) >= 11 is 0. The average molecular weight is 645 g/mol. The van der Waals surface area contributed by atoms with Crippen LogP contribution in [0.1, 0.15) is 6.85 Å². The minimum absolute atomic E-state index is 0.0107. The predicted octanol–water partition coefficient (Wildman–Crippen LogP) is 11.1. The lowest BCUT2D eigenvalue weighted by Gasteiger charge is -2.11. The van der Waals surface area contributed by atoms with Crippen LogP contribution in [0.25, 0.3) is 89.2 Å². The quantitative estimate of drug-likeness (QED) is 0.187. The zero-order valence-electron chi connectivity index (χ0n) is 31.6. The van der Waals surface area contributed by atoms with E-state index in [-0.39, 0.29) is 29.4 Å². The van der Waals surface area contributed by atoms with E-state index in [0.29, 0.717) is 11.4 Å². The van der Waals surface area contributed by atoms with Crippen LogP contribution in [0.3, 0.4) is 0 Å². The Morgan fingerprint density at radius 3 is 1.52 bits per heavy atom. The largest absolute Gasteiger partial charge is 0.309 e. The van der Waals surface area contributed by atoms with Crippen molar-refractivity contribution in [1.82, 2.24) is 24.1 Å². The van der Waals surface area contributed by atoms with Crippen molar-refractivity contribution in [3.05, 3.63) is 176 Å². The summed E-state index contributed by atoms with van der Waals surface area (Å²) in [6.07, 6.45) is 0. The summed E-state index contributed by atoms with van der Waals surface area (Å²) < 4.78 is 46.8. The van der Waals surface area contributed by atoms with Crippen molar-refractivity contribution in [3.63, 3.8) is 0 Å². The molecule has 10 rings (SSSR count). The third kappa shape index (κ3) is 4.52. The Bertz CT molecular complexity index is 3110. The van der Waals surface area contributed by atoms with Gasteiger partial charge in [0, 0.05) is 38.4 Å². The first kappa shape index (κ1) is 23.5. The van der Waals surface area contributed by atoms with E-state index in [2.05, 4.69) is 83.4 Å². The summed E-state index contributed by atoms with van der Waals surface area (Å²) in [5, 5.41) is 4.10. The standard InChI is InChI=1S/C45H29N5/c1-4-14-30(15-5-1)31-24-26-34(27-25-31)49-39-22-12-10-20-35(39)37-29-42-38(28-41(37)49)36-21-11-13-23-40(36)50(42)45-47-43(32-16-6-2-7-17-32)46-44(48-45)33-18-8-3-9-19-33/h1-29H/i2D,6D,7D,16D,17D. The molecule has 10 aromatic rings. The van der Waals surface area contributed by atoms with Crippen LogP contribution in [0.5, 0.6) is 0 Å². The number of rotatable bonds is 5. The van der Waals surface area contributed by atoms with E-state index in [1.54, 1.807) is 0 Å². The maximum absolute atomic E-state index is 8.77. The van der Waals surface area contributed by atoms with Gasteiger partial charge < -0.3 is 4.57 Å². The number of aromatic nitrogens is 5. The average Bonchev–Trinajstić information content (AvgIpc) is 3.74. The molecule has 0 bridgehead atoms. The molecule has 3 aromatic heterocycles. The van der Waals surface area contributed by atoms with E-state index in [9.17, 15) is 0 Å². The van der Waals surface area contributed by atoms with Gasteiger partial charge in [0.05, 0.1) is 28.9 Å². The fourth-order valence-corrected chi connectivity index (χ4v) is 7.01. The van der Waals surface area contributed by atoms with Crippen molar-refractivity contribution in [2.75, 3.05) is 0 Å². The second-order valence-electron chi connectivity index (χ2n) is 12.2. The maximum atomic E-state index is 8.77. The van der Waals surface area contributed by atoms with Crippen molar-refractivity contribution in [1.29, 1.82) is 0 Å². The lowest BCUT2D eigenvalue weighted by molar-refractivity contribution is 0.954. The Morgan fingerprint density at radius 2 is 0.880 bits per heavy atom. The lowest BCUT2D eigenvalue weighted by atomic mass is 10.1. The molecule has 0 aliphatic carbocycles. The molecule has 0 amide bonds. The maximum Gasteiger partial charge on any atom is 0.238 e. The third-order valence-corrected chi connectivity index (χ3v) is 9.28. The zero-order chi connectivity index (χ0) is 37.4. The summed E-state index contributed by atoms with van der Waals surface area (Å²) in [5.74, 6) is 0.569. The zero-order valence-corrected chi connectivity index (χ0v) is 26.6. The van der Waals surface area contributed by atoms with Gasteiger partial charge in [0.1, 0.15) is 0 Å². The number of fused-ring (bicyclic) bond motifs is 6. The number of hydrogen-bond acceptors (Lipinski definition) is 3. The van der Waals surface area contributed by atoms with Crippen LogP contribution in [0, 0.1) is 0 Å². The molecular weight excluding hydrogens is 611 g/mol. The topological polar surface area (TPSA) is 48.5 Å². The highest BCUT2D eigenvalue weighted by molar-refractivity contribution is 6.18. The molecular formula is C45H29N5. The Kier molecular flexibility index (Phi) is 5.35. The molecule has 0 radical (unpaired) electrons. The van der Waals surface area contributed by atoms with Gasteiger partial charge in [-0.3, -0.25) is 4.57 Å². The van der Waals surface area contributed by atoms with E-state index in [0.717, 1.165) is 60.4 Å². The highest BCUT2D eigenvalue weighted by Gasteiger charge is 2.21. The molecule has 3 heterocycles. The van der Waals surface area contributed by atoms with Crippen molar-refractivity contribution in [2.45, 2.75) is 0 Å². The van der Waals surface area contributed by atoms with Gasteiger partial charge in [-0.2, -0.15) is 9.97 Å². The first-order valence-corrected chi connectivity index (χ1v) is 16.4. The molecule has 234 valence electrons. The molecule has 0 N–H and O–H groups in total. The van der Waals surface area contributed by atoms with Crippen LogP contribution < -0.4 is 0 Å². The molecule has 0 aliphatic rings. The summed E-state index contributed by atoms with van der Waals surface area (Å²) in [6.45, 7) is 0. The molecule has 0 fully saturated rings. The fourth-order valence-electron chi connectivity index (χ4n) is 7.01. The number of para-hydroxylation sites is 2. The molecule has 0 aliphatic heterocycles. The van der Waals surface area contributed by atoms with Gasteiger partial charge in [-0.15, -0.1) is 0 Å². The Balaban J connectivity index is 1.26. The Morgan fingerprint density at radius 1 is 0.380 bits per heavy atom. The normalized spacial score (nSPS) is 13.0. The van der Waals surface area contributed by atoms with Crippen LogP contribution in [0.4, 0.5) is 0 Å². The Labute approximate surface area is 295 Å². The van der Waals surface area contributed by atoms with Gasteiger partial charge in [-0.05, 0) is 47.5 Å². The van der Waals surface area contributed by atoms with E-state index >= 15 is 0 Å². The number of nitrogens with zero attached hydrogens (tertiary/aromatic N) is 5. The van der Waals surface area contributed by atoms with Crippen LogP contribution in [-0.4, -0.2) is 24.1 Å². The van der Waals surface area contributed by atoms with Gasteiger partial charge in [-0.1, -0.05) is 139 Å². The van der Waals surface area contributed by atoms with Crippen LogP contribution in [-0.2, 0) is 0 Å². The minimum atomic E-state index is -0.478. The van der Waals surface area contributed by atoms with Gasteiger partial charge >= 0.3 is 0 Å². The van der Waals surface area contributed by atoms with Crippen molar-refractivity contribution in [3.8, 4) is 45.5 Å². The monoisotopic (exact) mass is 644 g/mol. The van der Waals surface area contributed by atoms with Crippen LogP contribution in [0.2, 0.25) is 0 Å². The smallest absolute Gasteiger partial charge is 0.238 e. The van der Waals surface area contributed by atoms with Crippen molar-refractivity contribution >= 4 is 43.6 Å². The van der Waals surface area contributed by atoms with E-state index in [4.69, 9.17) is 21.8 Å². The van der Waals surface area contributed by atoms with Crippen LogP contribution >= 0.6 is 0 Å². The SMILES string of the molecule is [2H]c1c([2H])c([2H])c(-c2nc(-c3ccccc3)nc(-n3c4ccccc4c4cc5c(cc43)c3ccccc3n5-c3ccc(-c4ccccc4)cc3)n2)c([2H])c1[2H]. The molecule has 0 saturated heterocycles. The highest BCUT2D eigenvalue weighted by Crippen LogP contribution is 2.39. The number of benzene rings is 7. The first-order valence-electron chi connectivity index (χ1n) is 18.9. The fraction of sp³-hybridized carbons (Fsp3) is 0. The predicted molar refractivity (Wildman–Crippen MR) is 205 cm³/mol. The summed E-state index contributed by atoms with van der Waals surface area (Å²) in [7, 11) is 0. The minimum Gasteiger partial charge on any atom is -0.309 e. The molecule has 0 spiro atoms. The Hall–Kier alpha value is -6.85. The molecule has 0 saturated carbocycles. The molecule has 0 atom stereocenters. The highest BCUT2D eigenvalue weighted by atomic mass is 15.2.